The summed E-state index contributed by atoms with van der Waals surface area (Å²) in [6, 6.07) is 14.5. The Bertz CT molecular complexity index is 771. The Labute approximate surface area is 159 Å². The van der Waals surface area contributed by atoms with E-state index in [1.54, 1.807) is 38.3 Å². The molecule has 0 saturated heterocycles. The molecule has 0 amide bonds. The average molecular weight is 372 g/mol. The second-order valence-corrected chi connectivity index (χ2v) is 5.91. The molecule has 0 N–H and O–H groups in total. The van der Waals surface area contributed by atoms with Crippen molar-refractivity contribution in [3.63, 3.8) is 0 Å². The van der Waals surface area contributed by atoms with Crippen molar-refractivity contribution in [2.75, 3.05) is 27.4 Å². The first-order chi connectivity index (χ1) is 13.0. The molecule has 0 aliphatic carbocycles. The van der Waals surface area contributed by atoms with Crippen LogP contribution < -0.4 is 9.47 Å². The van der Waals surface area contributed by atoms with Crippen LogP contribution in [-0.4, -0.2) is 39.4 Å². The molecule has 1 atom stereocenters. The second-order valence-electron chi connectivity index (χ2n) is 5.91. The van der Waals surface area contributed by atoms with Crippen LogP contribution in [0.1, 0.15) is 24.0 Å². The summed E-state index contributed by atoms with van der Waals surface area (Å²) in [5.74, 6) is 0.287. The quantitative estimate of drug-likeness (QED) is 0.497. The summed E-state index contributed by atoms with van der Waals surface area (Å²) in [4.78, 5) is 23.5. The summed E-state index contributed by atoms with van der Waals surface area (Å²) in [6.45, 7) is 2.13. The highest BCUT2D eigenvalue weighted by atomic mass is 16.6. The van der Waals surface area contributed by atoms with Crippen molar-refractivity contribution in [1.82, 2.24) is 0 Å². The maximum atomic E-state index is 11.9. The molecule has 144 valence electrons. The monoisotopic (exact) mass is 372 g/mol. The molecular weight excluding hydrogens is 348 g/mol. The van der Waals surface area contributed by atoms with Gasteiger partial charge in [-0.05, 0) is 42.3 Å². The van der Waals surface area contributed by atoms with Crippen LogP contribution in [0, 0.1) is 0 Å². The van der Waals surface area contributed by atoms with Crippen molar-refractivity contribution >= 4 is 11.9 Å². The predicted octanol–water partition coefficient (Wildman–Crippen LogP) is 3.14. The Hall–Kier alpha value is -3.02. The first kappa shape index (κ1) is 20.3. The highest BCUT2D eigenvalue weighted by Gasteiger charge is 2.16. The maximum absolute atomic E-state index is 11.9. The van der Waals surface area contributed by atoms with E-state index in [1.807, 2.05) is 24.3 Å². The summed E-state index contributed by atoms with van der Waals surface area (Å²) in [5.41, 5.74) is 1.62. The van der Waals surface area contributed by atoms with E-state index in [0.29, 0.717) is 11.5 Å². The Morgan fingerprint density at radius 3 is 2.44 bits per heavy atom. The molecule has 2 aromatic carbocycles. The lowest BCUT2D eigenvalue weighted by atomic mass is 10.0. The molecule has 0 aliphatic rings. The van der Waals surface area contributed by atoms with Crippen molar-refractivity contribution in [2.24, 2.45) is 0 Å². The molecule has 0 saturated carbocycles. The first-order valence-electron chi connectivity index (χ1n) is 8.62. The number of hydrogen-bond donors (Lipinski definition) is 0. The van der Waals surface area contributed by atoms with E-state index in [-0.39, 0.29) is 37.5 Å². The molecule has 1 unspecified atom stereocenters. The van der Waals surface area contributed by atoms with Gasteiger partial charge in [-0.2, -0.15) is 0 Å². The van der Waals surface area contributed by atoms with Gasteiger partial charge in [0.2, 0.25) is 0 Å². The SMILES string of the molecule is COC(=O)C(C)c1cccc(OCCOC(=O)Cc2cccc(OC)c2)c1. The molecule has 2 rings (SSSR count). The fraction of sp³-hybridized carbons (Fsp3) is 0.333. The van der Waals surface area contributed by atoms with Crippen LogP contribution in [0.2, 0.25) is 0 Å². The third kappa shape index (κ3) is 6.33. The number of benzene rings is 2. The summed E-state index contributed by atoms with van der Waals surface area (Å²) < 4.78 is 20.7. The molecular formula is C21H24O6. The van der Waals surface area contributed by atoms with Gasteiger partial charge >= 0.3 is 11.9 Å². The van der Waals surface area contributed by atoms with Crippen LogP contribution in [-0.2, 0) is 25.5 Å². The lowest BCUT2D eigenvalue weighted by Crippen LogP contribution is -2.14. The number of rotatable bonds is 9. The minimum absolute atomic E-state index is 0.138. The molecule has 6 nitrogen and oxygen atoms in total. The standard InChI is InChI=1S/C21H24O6/c1-15(21(23)25-3)17-7-5-9-19(14-17)26-10-11-27-20(22)13-16-6-4-8-18(12-16)24-2/h4-9,12,14-15H,10-11,13H2,1-3H3. The number of ether oxygens (including phenoxy) is 4. The molecule has 27 heavy (non-hydrogen) atoms. The molecule has 6 heteroatoms. The van der Waals surface area contributed by atoms with Crippen molar-refractivity contribution in [3.8, 4) is 11.5 Å². The Kier molecular flexibility index (Phi) is 7.67. The molecule has 0 aromatic heterocycles. The zero-order valence-corrected chi connectivity index (χ0v) is 15.8. The van der Waals surface area contributed by atoms with E-state index in [1.165, 1.54) is 7.11 Å². The number of esters is 2. The van der Waals surface area contributed by atoms with Crippen molar-refractivity contribution in [3.05, 3.63) is 59.7 Å². The van der Waals surface area contributed by atoms with E-state index in [2.05, 4.69) is 0 Å². The summed E-state index contributed by atoms with van der Waals surface area (Å²) in [6.07, 6.45) is 0.170. The van der Waals surface area contributed by atoms with Crippen molar-refractivity contribution in [1.29, 1.82) is 0 Å². The fourth-order valence-electron chi connectivity index (χ4n) is 2.50. The van der Waals surface area contributed by atoms with Gasteiger partial charge < -0.3 is 18.9 Å². The van der Waals surface area contributed by atoms with Gasteiger partial charge in [0.1, 0.15) is 24.7 Å². The highest BCUT2D eigenvalue weighted by molar-refractivity contribution is 5.77. The van der Waals surface area contributed by atoms with Gasteiger partial charge in [0, 0.05) is 0 Å². The summed E-state index contributed by atoms with van der Waals surface area (Å²) in [7, 11) is 2.94. The minimum Gasteiger partial charge on any atom is -0.497 e. The van der Waals surface area contributed by atoms with Gasteiger partial charge in [-0.15, -0.1) is 0 Å². The highest BCUT2D eigenvalue weighted by Crippen LogP contribution is 2.21. The Morgan fingerprint density at radius 2 is 1.70 bits per heavy atom. The first-order valence-corrected chi connectivity index (χ1v) is 8.62. The smallest absolute Gasteiger partial charge is 0.312 e. The van der Waals surface area contributed by atoms with Crippen LogP contribution in [0.15, 0.2) is 48.5 Å². The number of hydrogen-bond acceptors (Lipinski definition) is 6. The normalized spacial score (nSPS) is 11.4. The third-order valence-electron chi connectivity index (χ3n) is 4.01. The lowest BCUT2D eigenvalue weighted by Gasteiger charge is -2.12. The zero-order chi connectivity index (χ0) is 19.6. The lowest BCUT2D eigenvalue weighted by molar-refractivity contribution is -0.144. The predicted molar refractivity (Wildman–Crippen MR) is 100 cm³/mol. The van der Waals surface area contributed by atoms with E-state index < -0.39 is 0 Å². The molecule has 0 fully saturated rings. The molecule has 0 aliphatic heterocycles. The van der Waals surface area contributed by atoms with Crippen LogP contribution in [0.3, 0.4) is 0 Å². The van der Waals surface area contributed by atoms with Crippen molar-refractivity contribution < 1.29 is 28.5 Å². The van der Waals surface area contributed by atoms with Crippen LogP contribution in [0.25, 0.3) is 0 Å². The molecule has 0 bridgehead atoms. The number of carbonyl (C=O) groups is 2. The van der Waals surface area contributed by atoms with Gasteiger partial charge in [0.25, 0.3) is 0 Å². The van der Waals surface area contributed by atoms with Gasteiger partial charge in [-0.3, -0.25) is 9.59 Å². The van der Waals surface area contributed by atoms with E-state index in [4.69, 9.17) is 18.9 Å². The largest absolute Gasteiger partial charge is 0.497 e. The van der Waals surface area contributed by atoms with Gasteiger partial charge in [0.15, 0.2) is 0 Å². The maximum Gasteiger partial charge on any atom is 0.312 e. The molecule has 0 spiro atoms. The van der Waals surface area contributed by atoms with Gasteiger partial charge in [0.05, 0.1) is 26.6 Å². The average Bonchev–Trinajstić information content (AvgIpc) is 2.70. The summed E-state index contributed by atoms with van der Waals surface area (Å²) in [5, 5.41) is 0. The number of methoxy groups -OCH3 is 2. The van der Waals surface area contributed by atoms with Crippen LogP contribution >= 0.6 is 0 Å². The molecule has 0 radical (unpaired) electrons. The molecule has 0 heterocycles. The second kappa shape index (κ2) is 10.2. The number of carbonyl (C=O) groups excluding carboxylic acids is 2. The van der Waals surface area contributed by atoms with E-state index >= 15 is 0 Å². The van der Waals surface area contributed by atoms with Crippen LogP contribution in [0.5, 0.6) is 11.5 Å². The minimum atomic E-state index is -0.376. The Balaban J connectivity index is 1.77. The van der Waals surface area contributed by atoms with E-state index in [9.17, 15) is 9.59 Å². The molecule has 2 aromatic rings. The Morgan fingerprint density at radius 1 is 0.963 bits per heavy atom. The summed E-state index contributed by atoms with van der Waals surface area (Å²) >= 11 is 0. The van der Waals surface area contributed by atoms with E-state index in [0.717, 1.165) is 11.1 Å². The van der Waals surface area contributed by atoms with Crippen LogP contribution in [0.4, 0.5) is 0 Å². The van der Waals surface area contributed by atoms with Gasteiger partial charge in [-0.1, -0.05) is 24.3 Å². The van der Waals surface area contributed by atoms with Crippen molar-refractivity contribution in [2.45, 2.75) is 19.3 Å². The van der Waals surface area contributed by atoms with Gasteiger partial charge in [-0.25, -0.2) is 0 Å². The fourth-order valence-corrected chi connectivity index (χ4v) is 2.50. The topological polar surface area (TPSA) is 71.1 Å². The third-order valence-corrected chi connectivity index (χ3v) is 4.01. The zero-order valence-electron chi connectivity index (χ0n) is 15.8.